The molecule has 0 spiro atoms. The van der Waals surface area contributed by atoms with Crippen LogP contribution < -0.4 is 5.32 Å². The van der Waals surface area contributed by atoms with Crippen LogP contribution in [0, 0.1) is 11.8 Å². The Balaban J connectivity index is 1.17. The molecule has 1 N–H and O–H groups in total. The minimum absolute atomic E-state index is 0.00365. The number of esters is 1. The van der Waals surface area contributed by atoms with E-state index in [0.29, 0.717) is 0 Å². The molecule has 0 radical (unpaired) electrons. The Hall–Kier alpha value is -1.18. The average molecular weight is 381 g/mol. The molecule has 4 fully saturated rings. The van der Waals surface area contributed by atoms with Crippen molar-refractivity contribution in [3.05, 3.63) is 0 Å². The third kappa shape index (κ3) is 4.00. The van der Waals surface area contributed by atoms with E-state index in [1.165, 1.54) is 0 Å². The van der Waals surface area contributed by atoms with Gasteiger partial charge in [-0.3, -0.25) is 9.59 Å². The SMILES string of the molecule is CC(NC(=O)C1CCC2(C)OC2C1)OC(C)OC(=O)C1CCC2(C)OC2C1. The molecule has 8 unspecified atom stereocenters. The van der Waals surface area contributed by atoms with Crippen molar-refractivity contribution in [1.29, 1.82) is 0 Å². The molecular formula is C20H31NO6. The third-order valence-corrected chi connectivity index (χ3v) is 6.77. The second-order valence-corrected chi connectivity index (χ2v) is 9.07. The van der Waals surface area contributed by atoms with E-state index >= 15 is 0 Å². The Kier molecular flexibility index (Phi) is 4.76. The summed E-state index contributed by atoms with van der Waals surface area (Å²) >= 11 is 0. The Bertz CT molecular complexity index is 574. The van der Waals surface area contributed by atoms with Gasteiger partial charge in [0.15, 0.2) is 0 Å². The highest BCUT2D eigenvalue weighted by atomic mass is 16.7. The van der Waals surface area contributed by atoms with E-state index < -0.39 is 12.5 Å². The normalized spacial score (nSPS) is 44.3. The lowest BCUT2D eigenvalue weighted by Crippen LogP contribution is -2.42. The van der Waals surface area contributed by atoms with Gasteiger partial charge in [0.05, 0.1) is 29.3 Å². The summed E-state index contributed by atoms with van der Waals surface area (Å²) in [5, 5.41) is 2.88. The lowest BCUT2D eigenvalue weighted by atomic mass is 9.82. The van der Waals surface area contributed by atoms with Gasteiger partial charge < -0.3 is 24.3 Å². The maximum absolute atomic E-state index is 12.4. The molecule has 4 rings (SSSR count). The van der Waals surface area contributed by atoms with Crippen LogP contribution in [0.1, 0.15) is 66.2 Å². The van der Waals surface area contributed by atoms with Gasteiger partial charge in [-0.1, -0.05) is 0 Å². The summed E-state index contributed by atoms with van der Waals surface area (Å²) in [5.74, 6) is -0.423. The fraction of sp³-hybridized carbons (Fsp3) is 0.900. The van der Waals surface area contributed by atoms with Crippen LogP contribution in [0.5, 0.6) is 0 Å². The van der Waals surface area contributed by atoms with Gasteiger partial charge in [-0.2, -0.15) is 0 Å². The molecule has 0 aromatic rings. The van der Waals surface area contributed by atoms with Gasteiger partial charge in [0.2, 0.25) is 12.2 Å². The van der Waals surface area contributed by atoms with Crippen molar-refractivity contribution in [2.45, 2.75) is 102 Å². The summed E-state index contributed by atoms with van der Waals surface area (Å²) in [6, 6.07) is 0. The Morgan fingerprint density at radius 2 is 1.56 bits per heavy atom. The molecule has 0 aromatic heterocycles. The predicted octanol–water partition coefficient (Wildman–Crippen LogP) is 2.27. The van der Waals surface area contributed by atoms with Crippen LogP contribution >= 0.6 is 0 Å². The maximum Gasteiger partial charge on any atom is 0.311 e. The number of carbonyl (C=O) groups is 2. The molecule has 2 heterocycles. The molecule has 1 amide bonds. The molecule has 0 aromatic carbocycles. The third-order valence-electron chi connectivity index (χ3n) is 6.77. The first-order valence-corrected chi connectivity index (χ1v) is 10.2. The summed E-state index contributed by atoms with van der Waals surface area (Å²) in [7, 11) is 0. The van der Waals surface area contributed by atoms with Crippen LogP contribution in [-0.4, -0.2) is 47.8 Å². The summed E-state index contributed by atoms with van der Waals surface area (Å²) < 4.78 is 22.4. The van der Waals surface area contributed by atoms with Gasteiger partial charge >= 0.3 is 5.97 Å². The maximum atomic E-state index is 12.4. The Morgan fingerprint density at radius 3 is 2.15 bits per heavy atom. The van der Waals surface area contributed by atoms with E-state index in [1.54, 1.807) is 13.8 Å². The van der Waals surface area contributed by atoms with Gasteiger partial charge in [-0.15, -0.1) is 0 Å². The molecule has 2 saturated carbocycles. The van der Waals surface area contributed by atoms with Gasteiger partial charge in [-0.05, 0) is 66.2 Å². The van der Waals surface area contributed by atoms with E-state index in [9.17, 15) is 9.59 Å². The van der Waals surface area contributed by atoms with Crippen molar-refractivity contribution in [3.63, 3.8) is 0 Å². The largest absolute Gasteiger partial charge is 0.436 e. The Labute approximate surface area is 160 Å². The first-order valence-electron chi connectivity index (χ1n) is 10.2. The molecule has 8 atom stereocenters. The zero-order valence-corrected chi connectivity index (χ0v) is 16.7. The van der Waals surface area contributed by atoms with Gasteiger partial charge in [-0.25, -0.2) is 0 Å². The highest BCUT2D eigenvalue weighted by Gasteiger charge is 2.57. The second kappa shape index (κ2) is 6.71. The molecule has 152 valence electrons. The number of epoxide rings is 2. The summed E-state index contributed by atoms with van der Waals surface area (Å²) in [6.45, 7) is 7.64. The number of carbonyl (C=O) groups excluding carboxylic acids is 2. The van der Waals surface area contributed by atoms with Gasteiger partial charge in [0.1, 0.15) is 6.23 Å². The summed E-state index contributed by atoms with van der Waals surface area (Å²) in [5.41, 5.74) is -0.0105. The van der Waals surface area contributed by atoms with Crippen LogP contribution in [0.2, 0.25) is 0 Å². The van der Waals surface area contributed by atoms with Gasteiger partial charge in [0.25, 0.3) is 0 Å². The number of ether oxygens (including phenoxy) is 4. The zero-order valence-electron chi connectivity index (χ0n) is 16.7. The highest BCUT2D eigenvalue weighted by molar-refractivity contribution is 5.79. The van der Waals surface area contributed by atoms with Gasteiger partial charge in [0, 0.05) is 5.92 Å². The molecular weight excluding hydrogens is 350 g/mol. The first-order chi connectivity index (χ1) is 12.7. The quantitative estimate of drug-likeness (QED) is 0.431. The number of rotatable bonds is 6. The number of fused-ring (bicyclic) bond motifs is 2. The summed E-state index contributed by atoms with van der Waals surface area (Å²) in [4.78, 5) is 24.8. The van der Waals surface area contributed by atoms with Crippen LogP contribution in [0.4, 0.5) is 0 Å². The van der Waals surface area contributed by atoms with Crippen molar-refractivity contribution in [1.82, 2.24) is 5.32 Å². The van der Waals surface area contributed by atoms with Crippen molar-refractivity contribution in [3.8, 4) is 0 Å². The lowest BCUT2D eigenvalue weighted by Gasteiger charge is -2.26. The second-order valence-electron chi connectivity index (χ2n) is 9.07. The topological polar surface area (TPSA) is 89.7 Å². The zero-order chi connectivity index (χ0) is 19.4. The molecule has 4 aliphatic rings. The average Bonchev–Trinajstić information content (AvgIpc) is 3.45. The molecule has 0 bridgehead atoms. The number of nitrogens with one attached hydrogen (secondary N) is 1. The monoisotopic (exact) mass is 381 g/mol. The van der Waals surface area contributed by atoms with E-state index in [0.717, 1.165) is 38.5 Å². The van der Waals surface area contributed by atoms with Crippen LogP contribution in [0.3, 0.4) is 0 Å². The molecule has 2 aliphatic carbocycles. The molecule has 27 heavy (non-hydrogen) atoms. The minimum atomic E-state index is -0.706. The first kappa shape index (κ1) is 19.2. The van der Waals surface area contributed by atoms with Crippen LogP contribution in [-0.2, 0) is 28.5 Å². The van der Waals surface area contributed by atoms with Crippen LogP contribution in [0.25, 0.3) is 0 Å². The van der Waals surface area contributed by atoms with E-state index in [2.05, 4.69) is 19.2 Å². The minimum Gasteiger partial charge on any atom is -0.436 e. The predicted molar refractivity (Wildman–Crippen MR) is 95.5 cm³/mol. The van der Waals surface area contributed by atoms with Crippen molar-refractivity contribution >= 4 is 11.9 Å². The fourth-order valence-corrected chi connectivity index (χ4v) is 4.67. The van der Waals surface area contributed by atoms with Crippen molar-refractivity contribution < 1.29 is 28.5 Å². The smallest absolute Gasteiger partial charge is 0.311 e. The fourth-order valence-electron chi connectivity index (χ4n) is 4.67. The molecule has 7 heteroatoms. The lowest BCUT2D eigenvalue weighted by molar-refractivity contribution is -0.191. The van der Waals surface area contributed by atoms with Crippen molar-refractivity contribution in [2.75, 3.05) is 0 Å². The van der Waals surface area contributed by atoms with Crippen LogP contribution in [0.15, 0.2) is 0 Å². The van der Waals surface area contributed by atoms with E-state index in [1.807, 2.05) is 0 Å². The van der Waals surface area contributed by atoms with E-state index in [-0.39, 0.29) is 47.1 Å². The number of hydrogen-bond donors (Lipinski definition) is 1. The molecule has 7 nitrogen and oxygen atoms in total. The Morgan fingerprint density at radius 1 is 1.00 bits per heavy atom. The molecule has 2 aliphatic heterocycles. The van der Waals surface area contributed by atoms with E-state index in [4.69, 9.17) is 18.9 Å². The molecule has 2 saturated heterocycles. The summed E-state index contributed by atoms with van der Waals surface area (Å²) in [6.07, 6.45) is 4.10. The standard InChI is InChI=1S/C20H31NO6/c1-11(21-17(22)13-5-7-19(3)15(9-13)26-19)24-12(2)25-18(23)14-6-8-20(4)16(10-14)27-20/h11-16H,5-10H2,1-4H3,(H,21,22). The highest BCUT2D eigenvalue weighted by Crippen LogP contribution is 2.50. The van der Waals surface area contributed by atoms with Crippen molar-refractivity contribution in [2.24, 2.45) is 11.8 Å². The number of hydrogen-bond acceptors (Lipinski definition) is 6. The number of amides is 1.